The van der Waals surface area contributed by atoms with Crippen molar-refractivity contribution < 1.29 is 9.59 Å². The lowest BCUT2D eigenvalue weighted by atomic mass is 10.2. The average Bonchev–Trinajstić information content (AvgIpc) is 2.28. The Morgan fingerprint density at radius 1 is 1.31 bits per heavy atom. The predicted molar refractivity (Wildman–Crippen MR) is 63.4 cm³/mol. The molecule has 0 spiro atoms. The highest BCUT2D eigenvalue weighted by Gasteiger charge is 2.15. The summed E-state index contributed by atoms with van der Waals surface area (Å²) in [4.78, 5) is 22.7. The van der Waals surface area contributed by atoms with Gasteiger partial charge in [0.25, 0.3) is 11.8 Å². The topological polar surface area (TPSA) is 84.2 Å². The lowest BCUT2D eigenvalue weighted by molar-refractivity contribution is -0.122. The van der Waals surface area contributed by atoms with Crippen molar-refractivity contribution in [1.29, 1.82) is 0 Å². The molecule has 0 heterocycles. The Labute approximate surface area is 101 Å². The number of carbonyl (C=O) groups is 2. The number of benzene rings is 1. The second kappa shape index (κ2) is 5.62. The number of hydrogen-bond acceptors (Lipinski definition) is 3. The lowest BCUT2D eigenvalue weighted by Gasteiger charge is -2.11. The zero-order valence-electron chi connectivity index (χ0n) is 8.66. The van der Waals surface area contributed by atoms with Crippen LogP contribution in [-0.2, 0) is 4.79 Å². The fourth-order valence-corrected chi connectivity index (χ4v) is 1.34. The molecule has 0 aromatic heterocycles. The third kappa shape index (κ3) is 3.32. The maximum absolute atomic E-state index is 11.6. The average molecular weight is 286 g/mol. The van der Waals surface area contributed by atoms with E-state index in [2.05, 4.69) is 21.2 Å². The molecule has 1 rings (SSSR count). The van der Waals surface area contributed by atoms with Crippen molar-refractivity contribution in [2.45, 2.75) is 13.0 Å². The monoisotopic (exact) mass is 285 g/mol. The van der Waals surface area contributed by atoms with Crippen molar-refractivity contribution in [3.8, 4) is 0 Å². The molecule has 4 N–H and O–H groups in total. The molecule has 0 saturated carbocycles. The van der Waals surface area contributed by atoms with Gasteiger partial charge in [0.05, 0.1) is 0 Å². The molecule has 0 aliphatic carbocycles. The molecular weight excluding hydrogens is 274 g/mol. The summed E-state index contributed by atoms with van der Waals surface area (Å²) in [6.07, 6.45) is 0. The van der Waals surface area contributed by atoms with Crippen molar-refractivity contribution >= 4 is 27.7 Å². The van der Waals surface area contributed by atoms with Gasteiger partial charge in [0.1, 0.15) is 6.04 Å². The third-order valence-corrected chi connectivity index (χ3v) is 2.52. The number of halogens is 1. The summed E-state index contributed by atoms with van der Waals surface area (Å²) in [6.45, 7) is 1.55. The zero-order valence-corrected chi connectivity index (χ0v) is 10.2. The molecule has 0 fully saturated rings. The molecule has 86 valence electrons. The largest absolute Gasteiger partial charge is 0.340 e. The highest BCUT2D eigenvalue weighted by Crippen LogP contribution is 2.10. The molecule has 5 nitrogen and oxygen atoms in total. The van der Waals surface area contributed by atoms with E-state index in [1.54, 1.807) is 31.2 Å². The van der Waals surface area contributed by atoms with Crippen LogP contribution in [0.5, 0.6) is 0 Å². The summed E-state index contributed by atoms with van der Waals surface area (Å²) < 4.78 is 0.886. The standard InChI is InChI=1S/C10H12BrN3O2/c1-6(9(15)14-12)13-10(16)7-2-4-8(11)5-3-7/h2-6H,12H2,1H3,(H,13,16)(H,14,15)/t6-/m1/s1. The van der Waals surface area contributed by atoms with Gasteiger partial charge < -0.3 is 5.32 Å². The van der Waals surface area contributed by atoms with Crippen LogP contribution in [0.2, 0.25) is 0 Å². The maximum Gasteiger partial charge on any atom is 0.256 e. The Morgan fingerprint density at radius 2 is 1.88 bits per heavy atom. The van der Waals surface area contributed by atoms with E-state index in [0.29, 0.717) is 5.56 Å². The molecule has 1 atom stereocenters. The summed E-state index contributed by atoms with van der Waals surface area (Å²) >= 11 is 3.27. The minimum absolute atomic E-state index is 0.316. The molecule has 0 bridgehead atoms. The van der Waals surface area contributed by atoms with E-state index in [0.717, 1.165) is 4.47 Å². The Hall–Kier alpha value is -1.40. The number of carbonyl (C=O) groups excluding carboxylic acids is 2. The van der Waals surface area contributed by atoms with Crippen LogP contribution in [0, 0.1) is 0 Å². The molecular formula is C10H12BrN3O2. The van der Waals surface area contributed by atoms with E-state index in [1.807, 2.05) is 5.43 Å². The van der Waals surface area contributed by atoms with Gasteiger partial charge in [-0.25, -0.2) is 5.84 Å². The molecule has 6 heteroatoms. The Bertz CT molecular complexity index is 392. The first-order valence-electron chi connectivity index (χ1n) is 4.61. The molecule has 1 aromatic carbocycles. The number of hydrazine groups is 1. The first-order chi connectivity index (χ1) is 7.54. The van der Waals surface area contributed by atoms with E-state index >= 15 is 0 Å². The molecule has 2 amide bonds. The summed E-state index contributed by atoms with van der Waals surface area (Å²) in [5.41, 5.74) is 2.46. The minimum atomic E-state index is -0.666. The van der Waals surface area contributed by atoms with Crippen LogP contribution >= 0.6 is 15.9 Å². The summed E-state index contributed by atoms with van der Waals surface area (Å²) in [6, 6.07) is 6.16. The van der Waals surface area contributed by atoms with E-state index in [9.17, 15) is 9.59 Å². The summed E-state index contributed by atoms with van der Waals surface area (Å²) in [5, 5.41) is 2.52. The van der Waals surface area contributed by atoms with Gasteiger partial charge >= 0.3 is 0 Å². The number of nitrogens with one attached hydrogen (secondary N) is 2. The Balaban J connectivity index is 2.65. The molecule has 0 aliphatic heterocycles. The molecule has 0 aliphatic rings. The predicted octanol–water partition coefficient (Wildman–Crippen LogP) is 0.557. The zero-order chi connectivity index (χ0) is 12.1. The Kier molecular flexibility index (Phi) is 4.45. The van der Waals surface area contributed by atoms with Crippen LogP contribution in [0.3, 0.4) is 0 Å². The van der Waals surface area contributed by atoms with Crippen molar-refractivity contribution in [2.75, 3.05) is 0 Å². The number of nitrogens with two attached hydrogens (primary N) is 1. The van der Waals surface area contributed by atoms with Crippen LogP contribution in [0.25, 0.3) is 0 Å². The number of hydrogen-bond donors (Lipinski definition) is 3. The fraction of sp³-hybridized carbons (Fsp3) is 0.200. The van der Waals surface area contributed by atoms with Crippen molar-refractivity contribution in [3.05, 3.63) is 34.3 Å². The molecule has 0 saturated heterocycles. The van der Waals surface area contributed by atoms with Gasteiger partial charge in [-0.15, -0.1) is 0 Å². The lowest BCUT2D eigenvalue weighted by Crippen LogP contribution is -2.47. The van der Waals surface area contributed by atoms with Gasteiger partial charge in [-0.2, -0.15) is 0 Å². The van der Waals surface area contributed by atoms with Gasteiger partial charge in [-0.3, -0.25) is 15.0 Å². The van der Waals surface area contributed by atoms with Gasteiger partial charge in [0.15, 0.2) is 0 Å². The molecule has 1 aromatic rings. The van der Waals surface area contributed by atoms with E-state index in [1.165, 1.54) is 0 Å². The smallest absolute Gasteiger partial charge is 0.256 e. The van der Waals surface area contributed by atoms with Crippen LogP contribution in [-0.4, -0.2) is 17.9 Å². The fourth-order valence-electron chi connectivity index (χ4n) is 1.07. The van der Waals surface area contributed by atoms with Crippen molar-refractivity contribution in [2.24, 2.45) is 5.84 Å². The van der Waals surface area contributed by atoms with E-state index in [-0.39, 0.29) is 5.91 Å². The molecule has 0 unspecified atom stereocenters. The number of rotatable bonds is 3. The first kappa shape index (κ1) is 12.7. The highest BCUT2D eigenvalue weighted by molar-refractivity contribution is 9.10. The number of amides is 2. The van der Waals surface area contributed by atoms with Crippen molar-refractivity contribution in [3.63, 3.8) is 0 Å². The van der Waals surface area contributed by atoms with Crippen molar-refractivity contribution in [1.82, 2.24) is 10.7 Å². The van der Waals surface area contributed by atoms with Crippen LogP contribution in [0.1, 0.15) is 17.3 Å². The quantitative estimate of drug-likeness (QED) is 0.431. The van der Waals surface area contributed by atoms with Crippen LogP contribution < -0.4 is 16.6 Å². The maximum atomic E-state index is 11.6. The molecule has 0 radical (unpaired) electrons. The highest BCUT2D eigenvalue weighted by atomic mass is 79.9. The summed E-state index contributed by atoms with van der Waals surface area (Å²) in [5.74, 6) is 4.19. The van der Waals surface area contributed by atoms with E-state index in [4.69, 9.17) is 5.84 Å². The first-order valence-corrected chi connectivity index (χ1v) is 5.40. The third-order valence-electron chi connectivity index (χ3n) is 1.99. The van der Waals surface area contributed by atoms with E-state index < -0.39 is 11.9 Å². The van der Waals surface area contributed by atoms with Crippen LogP contribution in [0.4, 0.5) is 0 Å². The van der Waals surface area contributed by atoms with Crippen LogP contribution in [0.15, 0.2) is 28.7 Å². The van der Waals surface area contributed by atoms with Gasteiger partial charge in [-0.1, -0.05) is 15.9 Å². The molecule has 16 heavy (non-hydrogen) atoms. The SMILES string of the molecule is C[C@@H](NC(=O)c1ccc(Br)cc1)C(=O)NN. The second-order valence-electron chi connectivity index (χ2n) is 3.21. The Morgan fingerprint density at radius 3 is 2.38 bits per heavy atom. The van der Waals surface area contributed by atoms with Gasteiger partial charge in [0.2, 0.25) is 0 Å². The summed E-state index contributed by atoms with van der Waals surface area (Å²) in [7, 11) is 0. The van der Waals surface area contributed by atoms with Gasteiger partial charge in [0, 0.05) is 10.0 Å². The minimum Gasteiger partial charge on any atom is -0.340 e. The van der Waals surface area contributed by atoms with Gasteiger partial charge in [-0.05, 0) is 31.2 Å². The second-order valence-corrected chi connectivity index (χ2v) is 4.13. The normalized spacial score (nSPS) is 11.7.